The first kappa shape index (κ1) is 13.3. The van der Waals surface area contributed by atoms with E-state index in [1.165, 1.54) is 4.70 Å². The Morgan fingerprint density at radius 2 is 2.17 bits per heavy atom. The molecule has 0 fully saturated rings. The van der Waals surface area contributed by atoms with Gasteiger partial charge in [0.25, 0.3) is 0 Å². The number of benzene rings is 1. The molecular weight excluding hydrogens is 244 g/mol. The molecule has 0 aliphatic carbocycles. The smallest absolute Gasteiger partial charge is 0.121 e. The molecule has 1 heterocycles. The van der Waals surface area contributed by atoms with Crippen molar-refractivity contribution in [1.82, 2.24) is 9.88 Å². The van der Waals surface area contributed by atoms with Crippen LogP contribution in [-0.4, -0.2) is 36.6 Å². The van der Waals surface area contributed by atoms with Gasteiger partial charge in [0, 0.05) is 6.54 Å². The SMILES string of the molecule is Cc1nc2ccc(OC(C)CCN(C)C)cc2s1. The zero-order valence-corrected chi connectivity index (χ0v) is 12.3. The van der Waals surface area contributed by atoms with Crippen molar-refractivity contribution in [3.05, 3.63) is 23.2 Å². The van der Waals surface area contributed by atoms with Crippen molar-refractivity contribution in [3.8, 4) is 5.75 Å². The van der Waals surface area contributed by atoms with Crippen LogP contribution < -0.4 is 4.74 Å². The Hall–Kier alpha value is -1.13. The summed E-state index contributed by atoms with van der Waals surface area (Å²) in [5.74, 6) is 0.942. The molecule has 3 nitrogen and oxygen atoms in total. The van der Waals surface area contributed by atoms with Gasteiger partial charge in [-0.05, 0) is 52.6 Å². The minimum Gasteiger partial charge on any atom is -0.491 e. The van der Waals surface area contributed by atoms with Crippen LogP contribution in [0.2, 0.25) is 0 Å². The summed E-state index contributed by atoms with van der Waals surface area (Å²) in [6.45, 7) is 5.19. The second kappa shape index (κ2) is 5.67. The highest BCUT2D eigenvalue weighted by atomic mass is 32.1. The van der Waals surface area contributed by atoms with Crippen LogP contribution in [0.4, 0.5) is 0 Å². The maximum atomic E-state index is 5.93. The third kappa shape index (κ3) is 3.43. The van der Waals surface area contributed by atoms with Gasteiger partial charge in [-0.15, -0.1) is 11.3 Å². The highest BCUT2D eigenvalue weighted by Crippen LogP contribution is 2.26. The van der Waals surface area contributed by atoms with Crippen molar-refractivity contribution in [2.75, 3.05) is 20.6 Å². The minimum atomic E-state index is 0.235. The van der Waals surface area contributed by atoms with Gasteiger partial charge >= 0.3 is 0 Å². The summed E-state index contributed by atoms with van der Waals surface area (Å²) in [5.41, 5.74) is 1.06. The highest BCUT2D eigenvalue weighted by molar-refractivity contribution is 7.18. The Labute approximate surface area is 112 Å². The lowest BCUT2D eigenvalue weighted by molar-refractivity contribution is 0.195. The highest BCUT2D eigenvalue weighted by Gasteiger charge is 2.07. The van der Waals surface area contributed by atoms with Gasteiger partial charge < -0.3 is 9.64 Å². The van der Waals surface area contributed by atoms with Gasteiger partial charge in [0.2, 0.25) is 0 Å². The molecule has 18 heavy (non-hydrogen) atoms. The Morgan fingerprint density at radius 1 is 1.39 bits per heavy atom. The fraction of sp³-hybridized carbons (Fsp3) is 0.500. The van der Waals surface area contributed by atoms with E-state index < -0.39 is 0 Å². The number of hydrogen-bond donors (Lipinski definition) is 0. The number of ether oxygens (including phenoxy) is 1. The maximum absolute atomic E-state index is 5.93. The molecule has 1 aromatic carbocycles. The van der Waals surface area contributed by atoms with Crippen LogP contribution in [0.3, 0.4) is 0 Å². The number of aryl methyl sites for hydroxylation is 1. The molecule has 1 atom stereocenters. The van der Waals surface area contributed by atoms with Gasteiger partial charge in [-0.3, -0.25) is 0 Å². The summed E-state index contributed by atoms with van der Waals surface area (Å²) in [6, 6.07) is 6.13. The molecule has 0 aliphatic rings. The number of fused-ring (bicyclic) bond motifs is 1. The number of aromatic nitrogens is 1. The van der Waals surface area contributed by atoms with E-state index in [4.69, 9.17) is 4.74 Å². The lowest BCUT2D eigenvalue weighted by Gasteiger charge is -2.17. The third-order valence-corrected chi connectivity index (χ3v) is 3.72. The fourth-order valence-electron chi connectivity index (χ4n) is 1.82. The number of hydrogen-bond acceptors (Lipinski definition) is 4. The van der Waals surface area contributed by atoms with Crippen molar-refractivity contribution in [1.29, 1.82) is 0 Å². The van der Waals surface area contributed by atoms with Crippen LogP contribution >= 0.6 is 11.3 Å². The Kier molecular flexibility index (Phi) is 4.19. The van der Waals surface area contributed by atoms with Crippen molar-refractivity contribution in [2.45, 2.75) is 26.4 Å². The third-order valence-electron chi connectivity index (χ3n) is 2.79. The molecule has 0 spiro atoms. The average Bonchev–Trinajstić information content (AvgIpc) is 2.66. The lowest BCUT2D eigenvalue weighted by atomic mass is 10.2. The number of thiazole rings is 1. The average molecular weight is 264 g/mol. The molecule has 0 radical (unpaired) electrons. The van der Waals surface area contributed by atoms with Gasteiger partial charge in [0.15, 0.2) is 0 Å². The van der Waals surface area contributed by atoms with E-state index in [-0.39, 0.29) is 6.10 Å². The van der Waals surface area contributed by atoms with E-state index in [9.17, 15) is 0 Å². The van der Waals surface area contributed by atoms with E-state index in [1.807, 2.05) is 19.1 Å². The van der Waals surface area contributed by atoms with Crippen molar-refractivity contribution in [3.63, 3.8) is 0 Å². The molecule has 0 saturated carbocycles. The summed E-state index contributed by atoms with van der Waals surface area (Å²) in [4.78, 5) is 6.63. The summed E-state index contributed by atoms with van der Waals surface area (Å²) >= 11 is 1.71. The van der Waals surface area contributed by atoms with Gasteiger partial charge in [-0.1, -0.05) is 0 Å². The van der Waals surface area contributed by atoms with Gasteiger partial charge in [-0.25, -0.2) is 4.98 Å². The minimum absolute atomic E-state index is 0.235. The Morgan fingerprint density at radius 3 is 2.89 bits per heavy atom. The topological polar surface area (TPSA) is 25.4 Å². The molecule has 1 unspecified atom stereocenters. The molecule has 98 valence electrons. The quantitative estimate of drug-likeness (QED) is 0.828. The van der Waals surface area contributed by atoms with Crippen molar-refractivity contribution in [2.24, 2.45) is 0 Å². The number of rotatable bonds is 5. The molecular formula is C14H20N2OS. The molecule has 0 aliphatic heterocycles. The van der Waals surface area contributed by atoms with Gasteiger partial charge in [-0.2, -0.15) is 0 Å². The first-order valence-electron chi connectivity index (χ1n) is 6.23. The summed E-state index contributed by atoms with van der Waals surface area (Å²) in [6.07, 6.45) is 1.27. The van der Waals surface area contributed by atoms with Crippen LogP contribution in [0.5, 0.6) is 5.75 Å². The van der Waals surface area contributed by atoms with Crippen LogP contribution in [0.1, 0.15) is 18.4 Å². The molecule has 0 N–H and O–H groups in total. The van der Waals surface area contributed by atoms with Gasteiger partial charge in [0.1, 0.15) is 5.75 Å². The summed E-state index contributed by atoms with van der Waals surface area (Å²) in [7, 11) is 4.16. The summed E-state index contributed by atoms with van der Waals surface area (Å²) < 4.78 is 7.13. The molecule has 2 rings (SSSR count). The predicted octanol–water partition coefficient (Wildman–Crippen LogP) is 3.32. The second-order valence-electron chi connectivity index (χ2n) is 4.88. The maximum Gasteiger partial charge on any atom is 0.121 e. The van der Waals surface area contributed by atoms with Crippen LogP contribution in [0, 0.1) is 6.92 Å². The van der Waals surface area contributed by atoms with Crippen molar-refractivity contribution < 1.29 is 4.74 Å². The molecule has 1 aromatic heterocycles. The Bertz CT molecular complexity index is 521. The van der Waals surface area contributed by atoms with Crippen LogP contribution in [-0.2, 0) is 0 Å². The molecule has 0 saturated heterocycles. The molecule has 0 bridgehead atoms. The van der Waals surface area contributed by atoms with E-state index in [0.717, 1.165) is 29.2 Å². The zero-order valence-electron chi connectivity index (χ0n) is 11.4. The first-order chi connectivity index (χ1) is 8.54. The Balaban J connectivity index is 2.02. The number of nitrogens with zero attached hydrogens (tertiary/aromatic N) is 2. The monoisotopic (exact) mass is 264 g/mol. The second-order valence-corrected chi connectivity index (χ2v) is 6.12. The zero-order chi connectivity index (χ0) is 13.1. The van der Waals surface area contributed by atoms with E-state index in [1.54, 1.807) is 11.3 Å². The van der Waals surface area contributed by atoms with Crippen LogP contribution in [0.15, 0.2) is 18.2 Å². The largest absolute Gasteiger partial charge is 0.491 e. The molecule has 2 aromatic rings. The van der Waals surface area contributed by atoms with E-state index in [0.29, 0.717) is 0 Å². The molecule has 4 heteroatoms. The van der Waals surface area contributed by atoms with E-state index in [2.05, 4.69) is 37.0 Å². The predicted molar refractivity (Wildman–Crippen MR) is 77.6 cm³/mol. The fourth-order valence-corrected chi connectivity index (χ4v) is 2.68. The molecule has 0 amide bonds. The standard InChI is InChI=1S/C14H20N2OS/c1-10(7-8-16(3)4)17-12-5-6-13-14(9-12)18-11(2)15-13/h5-6,9-10H,7-8H2,1-4H3. The van der Waals surface area contributed by atoms with Crippen molar-refractivity contribution >= 4 is 21.6 Å². The van der Waals surface area contributed by atoms with Gasteiger partial charge in [0.05, 0.1) is 21.3 Å². The first-order valence-corrected chi connectivity index (χ1v) is 7.05. The summed E-state index contributed by atoms with van der Waals surface area (Å²) in [5, 5.41) is 1.10. The normalized spacial score (nSPS) is 13.2. The van der Waals surface area contributed by atoms with Crippen LogP contribution in [0.25, 0.3) is 10.2 Å². The van der Waals surface area contributed by atoms with E-state index >= 15 is 0 Å². The lowest BCUT2D eigenvalue weighted by Crippen LogP contribution is -2.21.